The molecule has 1 atom stereocenters. The van der Waals surface area contributed by atoms with Gasteiger partial charge in [0.2, 0.25) is 0 Å². The van der Waals surface area contributed by atoms with Gasteiger partial charge in [-0.3, -0.25) is 4.98 Å². The molecule has 1 heterocycles. The third kappa shape index (κ3) is 3.02. The summed E-state index contributed by atoms with van der Waals surface area (Å²) in [6, 6.07) is 0. The fourth-order valence-corrected chi connectivity index (χ4v) is 1.61. The Hall–Kier alpha value is -1.45. The maximum atomic E-state index is 11.5. The van der Waals surface area contributed by atoms with Crippen LogP contribution in [-0.4, -0.2) is 23.0 Å². The first-order valence-electron chi connectivity index (χ1n) is 5.59. The van der Waals surface area contributed by atoms with E-state index in [1.54, 1.807) is 6.20 Å². The molecule has 0 saturated heterocycles. The molecule has 0 aliphatic rings. The van der Waals surface area contributed by atoms with Crippen LogP contribution in [0.4, 0.5) is 0 Å². The van der Waals surface area contributed by atoms with E-state index in [-0.39, 0.29) is 5.92 Å². The van der Waals surface area contributed by atoms with E-state index in [4.69, 9.17) is 4.74 Å². The van der Waals surface area contributed by atoms with Crippen molar-refractivity contribution >= 4 is 5.97 Å². The van der Waals surface area contributed by atoms with E-state index in [2.05, 4.69) is 23.8 Å². The Labute approximate surface area is 96.1 Å². The average molecular weight is 222 g/mol. The summed E-state index contributed by atoms with van der Waals surface area (Å²) in [7, 11) is 1.36. The molecule has 0 radical (unpaired) electrons. The molecule has 1 aromatic heterocycles. The van der Waals surface area contributed by atoms with Gasteiger partial charge >= 0.3 is 5.97 Å². The average Bonchev–Trinajstić information content (AvgIpc) is 2.35. The standard InChI is InChI=1S/C12H18N2O2/c1-4-5-6-9(2)10-11(12(15)16-3)14-8-7-13-10/h7-9H,4-6H2,1-3H3. The number of ether oxygens (including phenoxy) is 1. The number of nitrogens with zero attached hydrogens (tertiary/aromatic N) is 2. The second-order valence-electron chi connectivity index (χ2n) is 3.83. The van der Waals surface area contributed by atoms with E-state index in [1.807, 2.05) is 0 Å². The third-order valence-corrected chi connectivity index (χ3v) is 2.56. The second-order valence-corrected chi connectivity index (χ2v) is 3.83. The largest absolute Gasteiger partial charge is 0.464 e. The zero-order chi connectivity index (χ0) is 12.0. The van der Waals surface area contributed by atoms with Crippen molar-refractivity contribution in [2.75, 3.05) is 7.11 Å². The molecular weight excluding hydrogens is 204 g/mol. The fraction of sp³-hybridized carbons (Fsp3) is 0.583. The van der Waals surface area contributed by atoms with Crippen molar-refractivity contribution in [3.63, 3.8) is 0 Å². The lowest BCUT2D eigenvalue weighted by Crippen LogP contribution is -2.12. The molecule has 0 fully saturated rings. The molecule has 16 heavy (non-hydrogen) atoms. The van der Waals surface area contributed by atoms with Crippen molar-refractivity contribution in [3.8, 4) is 0 Å². The number of hydrogen-bond acceptors (Lipinski definition) is 4. The highest BCUT2D eigenvalue weighted by Crippen LogP contribution is 2.21. The molecule has 0 aromatic carbocycles. The van der Waals surface area contributed by atoms with Crippen molar-refractivity contribution in [2.45, 2.75) is 39.0 Å². The van der Waals surface area contributed by atoms with E-state index in [0.717, 1.165) is 25.0 Å². The summed E-state index contributed by atoms with van der Waals surface area (Å²) in [4.78, 5) is 19.8. The topological polar surface area (TPSA) is 52.1 Å². The van der Waals surface area contributed by atoms with Crippen LogP contribution in [0.25, 0.3) is 0 Å². The number of unbranched alkanes of at least 4 members (excludes halogenated alkanes) is 1. The number of hydrogen-bond donors (Lipinski definition) is 0. The van der Waals surface area contributed by atoms with Crippen molar-refractivity contribution < 1.29 is 9.53 Å². The van der Waals surface area contributed by atoms with Crippen LogP contribution >= 0.6 is 0 Å². The summed E-state index contributed by atoms with van der Waals surface area (Å²) in [6.07, 6.45) is 6.40. The number of aromatic nitrogens is 2. The Morgan fingerprint density at radius 2 is 2.12 bits per heavy atom. The molecule has 0 saturated carbocycles. The third-order valence-electron chi connectivity index (χ3n) is 2.56. The van der Waals surface area contributed by atoms with Gasteiger partial charge in [-0.2, -0.15) is 0 Å². The first-order chi connectivity index (χ1) is 7.70. The quantitative estimate of drug-likeness (QED) is 0.718. The van der Waals surface area contributed by atoms with Gasteiger partial charge in [-0.25, -0.2) is 9.78 Å². The maximum Gasteiger partial charge on any atom is 0.358 e. The Morgan fingerprint density at radius 1 is 1.44 bits per heavy atom. The van der Waals surface area contributed by atoms with Gasteiger partial charge in [-0.1, -0.05) is 26.7 Å². The summed E-state index contributed by atoms with van der Waals surface area (Å²) < 4.78 is 4.69. The van der Waals surface area contributed by atoms with Crippen molar-refractivity contribution in [3.05, 3.63) is 23.8 Å². The summed E-state index contributed by atoms with van der Waals surface area (Å²) in [5, 5.41) is 0. The molecule has 4 heteroatoms. The minimum Gasteiger partial charge on any atom is -0.464 e. The van der Waals surface area contributed by atoms with Gasteiger partial charge in [-0.15, -0.1) is 0 Å². The van der Waals surface area contributed by atoms with Gasteiger partial charge in [0.05, 0.1) is 12.8 Å². The summed E-state index contributed by atoms with van der Waals surface area (Å²) >= 11 is 0. The number of carbonyl (C=O) groups is 1. The predicted molar refractivity (Wildman–Crippen MR) is 61.3 cm³/mol. The van der Waals surface area contributed by atoms with Crippen LogP contribution in [0.1, 0.15) is 55.2 Å². The molecule has 1 aromatic rings. The predicted octanol–water partition coefficient (Wildman–Crippen LogP) is 2.56. The summed E-state index contributed by atoms with van der Waals surface area (Å²) in [5.41, 5.74) is 1.08. The minimum absolute atomic E-state index is 0.239. The lowest BCUT2D eigenvalue weighted by atomic mass is 9.99. The van der Waals surface area contributed by atoms with Gasteiger partial charge in [0.15, 0.2) is 5.69 Å². The lowest BCUT2D eigenvalue weighted by Gasteiger charge is -2.12. The van der Waals surface area contributed by atoms with E-state index in [0.29, 0.717) is 5.69 Å². The SMILES string of the molecule is CCCCC(C)c1nccnc1C(=O)OC. The number of methoxy groups -OCH3 is 1. The first-order valence-corrected chi connectivity index (χ1v) is 5.59. The highest BCUT2D eigenvalue weighted by molar-refractivity contribution is 5.88. The fourth-order valence-electron chi connectivity index (χ4n) is 1.61. The number of esters is 1. The molecule has 0 bridgehead atoms. The molecule has 0 aliphatic heterocycles. The van der Waals surface area contributed by atoms with Crippen LogP contribution in [0.3, 0.4) is 0 Å². The van der Waals surface area contributed by atoms with Crippen molar-refractivity contribution in [1.82, 2.24) is 9.97 Å². The molecule has 0 N–H and O–H groups in total. The minimum atomic E-state index is -0.411. The Kier molecular flexibility index (Phi) is 4.89. The molecule has 4 nitrogen and oxygen atoms in total. The molecule has 1 rings (SSSR count). The van der Waals surface area contributed by atoms with Crippen LogP contribution in [0.2, 0.25) is 0 Å². The van der Waals surface area contributed by atoms with Crippen LogP contribution < -0.4 is 0 Å². The maximum absolute atomic E-state index is 11.5. The monoisotopic (exact) mass is 222 g/mol. The summed E-state index contributed by atoms with van der Waals surface area (Å²) in [6.45, 7) is 4.21. The molecular formula is C12H18N2O2. The summed E-state index contributed by atoms with van der Waals surface area (Å²) in [5.74, 6) is -0.172. The van der Waals surface area contributed by atoms with Gasteiger partial charge in [0.25, 0.3) is 0 Å². The van der Waals surface area contributed by atoms with Gasteiger partial charge < -0.3 is 4.74 Å². The van der Waals surface area contributed by atoms with E-state index >= 15 is 0 Å². The van der Waals surface area contributed by atoms with Crippen molar-refractivity contribution in [2.24, 2.45) is 0 Å². The number of rotatable bonds is 5. The molecule has 0 amide bonds. The van der Waals surface area contributed by atoms with Crippen molar-refractivity contribution in [1.29, 1.82) is 0 Å². The molecule has 0 spiro atoms. The lowest BCUT2D eigenvalue weighted by molar-refractivity contribution is 0.0591. The first kappa shape index (κ1) is 12.6. The highest BCUT2D eigenvalue weighted by atomic mass is 16.5. The normalized spacial score (nSPS) is 12.2. The van der Waals surface area contributed by atoms with Crippen LogP contribution in [0.5, 0.6) is 0 Å². The van der Waals surface area contributed by atoms with Crippen LogP contribution in [0.15, 0.2) is 12.4 Å². The van der Waals surface area contributed by atoms with Gasteiger partial charge in [0.1, 0.15) is 0 Å². The smallest absolute Gasteiger partial charge is 0.358 e. The molecule has 0 aliphatic carbocycles. The van der Waals surface area contributed by atoms with Crippen LogP contribution in [-0.2, 0) is 4.74 Å². The Bertz CT molecular complexity index is 353. The van der Waals surface area contributed by atoms with E-state index < -0.39 is 5.97 Å². The highest BCUT2D eigenvalue weighted by Gasteiger charge is 2.18. The second kappa shape index (κ2) is 6.20. The van der Waals surface area contributed by atoms with Gasteiger partial charge in [0, 0.05) is 18.3 Å². The molecule has 88 valence electrons. The van der Waals surface area contributed by atoms with E-state index in [9.17, 15) is 4.79 Å². The zero-order valence-electron chi connectivity index (χ0n) is 10.1. The van der Waals surface area contributed by atoms with E-state index in [1.165, 1.54) is 13.3 Å². The Morgan fingerprint density at radius 3 is 2.75 bits per heavy atom. The molecule has 1 unspecified atom stereocenters. The number of carbonyl (C=O) groups excluding carboxylic acids is 1. The van der Waals surface area contributed by atoms with Gasteiger partial charge in [-0.05, 0) is 6.42 Å². The zero-order valence-corrected chi connectivity index (χ0v) is 10.1. The van der Waals surface area contributed by atoms with Crippen LogP contribution in [0, 0.1) is 0 Å². The Balaban J connectivity index is 2.89.